The van der Waals surface area contributed by atoms with Crippen molar-refractivity contribution in [2.45, 2.75) is 206 Å². The number of esters is 2. The fraction of sp³-hybridized carbons (Fsp3) is 0.872. The number of hydrogen-bond acceptors (Lipinski definition) is 7. The van der Waals surface area contributed by atoms with E-state index in [2.05, 4.69) is 55.0 Å². The molecule has 0 N–H and O–H groups in total. The summed E-state index contributed by atoms with van der Waals surface area (Å²) in [6.45, 7) is 10.6. The zero-order chi connectivity index (χ0) is 39.0. The van der Waals surface area contributed by atoms with Crippen LogP contribution in [-0.2, 0) is 23.8 Å². The molecule has 0 aromatic heterocycles. The SMILES string of the molecule is CCCCCCCC/C=C\CCCCCCCCOC(=O)C(OCCCN1CCN(C)CC1)C(=O)OCCCCCCCC/C=C\CCCCCCCC. The number of carbonyl (C=O) groups excluding carboxylic acids is 2. The van der Waals surface area contributed by atoms with Crippen LogP contribution >= 0.6 is 0 Å². The van der Waals surface area contributed by atoms with Gasteiger partial charge in [-0.1, -0.05) is 154 Å². The second-order valence-corrected chi connectivity index (χ2v) is 16.0. The minimum atomic E-state index is -1.29. The van der Waals surface area contributed by atoms with Crippen LogP contribution < -0.4 is 0 Å². The zero-order valence-corrected chi connectivity index (χ0v) is 36.0. The van der Waals surface area contributed by atoms with Gasteiger partial charge in [-0.15, -0.1) is 0 Å². The Morgan fingerprint density at radius 1 is 0.463 bits per heavy atom. The molecule has 316 valence electrons. The highest BCUT2D eigenvalue weighted by Gasteiger charge is 2.31. The van der Waals surface area contributed by atoms with E-state index >= 15 is 0 Å². The van der Waals surface area contributed by atoms with Gasteiger partial charge in [-0.05, 0) is 77.7 Å². The van der Waals surface area contributed by atoms with E-state index in [0.29, 0.717) is 19.8 Å². The van der Waals surface area contributed by atoms with Crippen LogP contribution in [0.4, 0.5) is 0 Å². The minimum Gasteiger partial charge on any atom is -0.463 e. The number of likely N-dealkylation sites (N-methyl/N-ethyl adjacent to an activating group) is 1. The number of ether oxygens (including phenoxy) is 3. The van der Waals surface area contributed by atoms with Crippen molar-refractivity contribution in [2.75, 3.05) is 59.6 Å². The topological polar surface area (TPSA) is 68.3 Å². The van der Waals surface area contributed by atoms with E-state index in [1.165, 1.54) is 141 Å². The molecule has 0 aromatic carbocycles. The number of carbonyl (C=O) groups is 2. The Morgan fingerprint density at radius 3 is 1.20 bits per heavy atom. The van der Waals surface area contributed by atoms with E-state index in [-0.39, 0.29) is 0 Å². The summed E-state index contributed by atoms with van der Waals surface area (Å²) in [4.78, 5) is 30.7. The molecule has 1 saturated heterocycles. The quantitative estimate of drug-likeness (QED) is 0.0267. The molecule has 54 heavy (non-hydrogen) atoms. The van der Waals surface area contributed by atoms with Gasteiger partial charge in [0.2, 0.25) is 0 Å². The highest BCUT2D eigenvalue weighted by atomic mass is 16.6. The van der Waals surface area contributed by atoms with Crippen molar-refractivity contribution in [1.82, 2.24) is 9.80 Å². The van der Waals surface area contributed by atoms with Crippen molar-refractivity contribution in [3.05, 3.63) is 24.3 Å². The molecular formula is C47H88N2O5. The van der Waals surface area contributed by atoms with E-state index in [4.69, 9.17) is 14.2 Å². The second kappa shape index (κ2) is 39.5. The lowest BCUT2D eigenvalue weighted by Crippen LogP contribution is -2.45. The lowest BCUT2D eigenvalue weighted by atomic mass is 10.1. The summed E-state index contributed by atoms with van der Waals surface area (Å²) < 4.78 is 16.9. The number of rotatable bonds is 39. The molecule has 1 fully saturated rings. The van der Waals surface area contributed by atoms with Gasteiger partial charge in [0, 0.05) is 39.3 Å². The normalized spacial score (nSPS) is 14.2. The third-order valence-electron chi connectivity index (χ3n) is 10.7. The van der Waals surface area contributed by atoms with Crippen molar-refractivity contribution < 1.29 is 23.8 Å². The molecule has 7 nitrogen and oxygen atoms in total. The summed E-state index contributed by atoms with van der Waals surface area (Å²) >= 11 is 0. The Morgan fingerprint density at radius 2 is 0.815 bits per heavy atom. The summed E-state index contributed by atoms with van der Waals surface area (Å²) in [5, 5.41) is 0. The van der Waals surface area contributed by atoms with Gasteiger partial charge < -0.3 is 24.0 Å². The van der Waals surface area contributed by atoms with Crippen LogP contribution in [0.5, 0.6) is 0 Å². The molecule has 0 aliphatic carbocycles. The summed E-state index contributed by atoms with van der Waals surface area (Å²) in [7, 11) is 2.15. The largest absolute Gasteiger partial charge is 0.463 e. The van der Waals surface area contributed by atoms with Crippen LogP contribution in [0.3, 0.4) is 0 Å². The maximum Gasteiger partial charge on any atom is 0.347 e. The van der Waals surface area contributed by atoms with Crippen molar-refractivity contribution >= 4 is 11.9 Å². The molecule has 7 heteroatoms. The van der Waals surface area contributed by atoms with Gasteiger partial charge in [0.15, 0.2) is 0 Å². The molecule has 0 bridgehead atoms. The molecule has 0 aromatic rings. The molecule has 1 heterocycles. The second-order valence-electron chi connectivity index (χ2n) is 16.0. The maximum atomic E-state index is 13.0. The number of allylic oxidation sites excluding steroid dienone is 4. The van der Waals surface area contributed by atoms with Gasteiger partial charge in [-0.25, -0.2) is 9.59 Å². The van der Waals surface area contributed by atoms with Gasteiger partial charge in [0.05, 0.1) is 13.2 Å². The van der Waals surface area contributed by atoms with E-state index in [1.807, 2.05) is 0 Å². The van der Waals surface area contributed by atoms with Crippen LogP contribution in [0.25, 0.3) is 0 Å². The Kier molecular flexibility index (Phi) is 36.8. The zero-order valence-electron chi connectivity index (χ0n) is 36.0. The first-order valence-electron chi connectivity index (χ1n) is 23.2. The van der Waals surface area contributed by atoms with Gasteiger partial charge >= 0.3 is 11.9 Å². The first-order valence-corrected chi connectivity index (χ1v) is 23.2. The highest BCUT2D eigenvalue weighted by Crippen LogP contribution is 2.13. The Balaban J connectivity index is 2.20. The molecule has 1 aliphatic heterocycles. The van der Waals surface area contributed by atoms with Crippen LogP contribution in [0, 0.1) is 0 Å². The van der Waals surface area contributed by atoms with Crippen molar-refractivity contribution in [3.63, 3.8) is 0 Å². The molecular weight excluding hydrogens is 673 g/mol. The number of hydrogen-bond donors (Lipinski definition) is 0. The molecule has 0 spiro atoms. The van der Waals surface area contributed by atoms with E-state index in [9.17, 15) is 9.59 Å². The average Bonchev–Trinajstić information content (AvgIpc) is 3.17. The van der Waals surface area contributed by atoms with Gasteiger partial charge in [-0.3, -0.25) is 0 Å². The van der Waals surface area contributed by atoms with Crippen LogP contribution in [0.15, 0.2) is 24.3 Å². The highest BCUT2D eigenvalue weighted by molar-refractivity contribution is 5.98. The van der Waals surface area contributed by atoms with Crippen molar-refractivity contribution in [2.24, 2.45) is 0 Å². The molecule has 0 radical (unpaired) electrons. The molecule has 1 aliphatic rings. The summed E-state index contributed by atoms with van der Waals surface area (Å²) in [6.07, 6.45) is 43.4. The van der Waals surface area contributed by atoms with Gasteiger partial charge in [0.25, 0.3) is 6.10 Å². The number of piperazine rings is 1. The average molecular weight is 761 g/mol. The predicted molar refractivity (Wildman–Crippen MR) is 229 cm³/mol. The van der Waals surface area contributed by atoms with Crippen LogP contribution in [0.2, 0.25) is 0 Å². The van der Waals surface area contributed by atoms with Crippen molar-refractivity contribution in [1.29, 1.82) is 0 Å². The predicted octanol–water partition coefficient (Wildman–Crippen LogP) is 12.2. The van der Waals surface area contributed by atoms with E-state index in [0.717, 1.165) is 77.7 Å². The number of unbranched alkanes of at least 4 members (excludes halogenated alkanes) is 24. The molecule has 0 atom stereocenters. The van der Waals surface area contributed by atoms with Gasteiger partial charge in [-0.2, -0.15) is 0 Å². The molecule has 0 saturated carbocycles. The lowest BCUT2D eigenvalue weighted by Gasteiger charge is -2.32. The fourth-order valence-electron chi connectivity index (χ4n) is 6.99. The Hall–Kier alpha value is -1.70. The van der Waals surface area contributed by atoms with Crippen LogP contribution in [-0.4, -0.2) is 87.4 Å². The maximum absolute atomic E-state index is 13.0. The van der Waals surface area contributed by atoms with Crippen molar-refractivity contribution in [3.8, 4) is 0 Å². The monoisotopic (exact) mass is 761 g/mol. The summed E-state index contributed by atoms with van der Waals surface area (Å²) in [5.41, 5.74) is 0. The van der Waals surface area contributed by atoms with Gasteiger partial charge in [0.1, 0.15) is 0 Å². The molecule has 1 rings (SSSR count). The standard InChI is InChI=1S/C47H88N2O5/c1-4-6-8-10-12-14-16-18-20-22-24-26-28-30-32-34-42-53-46(50)45(52-44-36-37-49-40-38-48(3)39-41-49)47(51)54-43-35-33-31-29-27-25-23-21-19-17-15-13-11-9-7-5-2/h18-21,45H,4-17,22-44H2,1-3H3/b20-18-,21-19-. The first kappa shape index (κ1) is 50.3. The first-order chi connectivity index (χ1) is 26.6. The van der Waals surface area contributed by atoms with E-state index in [1.54, 1.807) is 0 Å². The minimum absolute atomic E-state index is 0.323. The fourth-order valence-corrected chi connectivity index (χ4v) is 6.99. The third-order valence-corrected chi connectivity index (χ3v) is 10.7. The smallest absolute Gasteiger partial charge is 0.347 e. The summed E-state index contributed by atoms with van der Waals surface area (Å²) in [5.74, 6) is -1.21. The Bertz CT molecular complexity index is 829. The lowest BCUT2D eigenvalue weighted by molar-refractivity contribution is -0.173. The van der Waals surface area contributed by atoms with E-state index < -0.39 is 18.0 Å². The van der Waals surface area contributed by atoms with Crippen LogP contribution in [0.1, 0.15) is 200 Å². The molecule has 0 unspecified atom stereocenters. The number of nitrogens with zero attached hydrogens (tertiary/aromatic N) is 2. The Labute approximate surface area is 334 Å². The molecule has 0 amide bonds. The third kappa shape index (κ3) is 32.5. The summed E-state index contributed by atoms with van der Waals surface area (Å²) in [6, 6.07) is 0.